The fraction of sp³-hybridized carbons (Fsp3) is 0.778. The molecule has 0 spiro atoms. The molecule has 0 aromatic carbocycles. The quantitative estimate of drug-likeness (QED) is 0.267. The van der Waals surface area contributed by atoms with Crippen molar-refractivity contribution >= 4 is 16.6 Å². The Morgan fingerprint density at radius 1 is 1.09 bits per heavy atom. The maximum atomic E-state index is 12.4. The highest BCUT2D eigenvalue weighted by molar-refractivity contribution is 7.53. The van der Waals surface area contributed by atoms with Gasteiger partial charge in [-0.2, -0.15) is 0 Å². The number of methoxy groups -OCH3 is 1. The second-order valence-corrected chi connectivity index (χ2v) is 10.5. The third-order valence-electron chi connectivity index (χ3n) is 4.26. The van der Waals surface area contributed by atoms with Crippen molar-refractivity contribution in [3.8, 4) is 0 Å². The second kappa shape index (κ2) is 14.3. The average Bonchev–Trinajstić information content (AvgIpc) is 2.73. The van der Waals surface area contributed by atoms with Gasteiger partial charge < -0.3 is 27.8 Å². The van der Waals surface area contributed by atoms with Crippen molar-refractivity contribution in [1.29, 1.82) is 0 Å². The van der Waals surface area contributed by atoms with Crippen LogP contribution in [0.25, 0.3) is 0 Å². The number of nitrogens with one attached hydrogen (secondary N) is 1. The molecule has 0 aliphatic carbocycles. The van der Waals surface area contributed by atoms with Gasteiger partial charge in [0, 0.05) is 45.7 Å². The first-order valence-corrected chi connectivity index (χ1v) is 12.6. The summed E-state index contributed by atoms with van der Waals surface area (Å²) in [5.41, 5.74) is -1.21. The number of hydrogen-bond acceptors (Lipinski definition) is 10. The van der Waals surface area contributed by atoms with Crippen LogP contribution in [0.4, 0.5) is 0 Å². The highest BCUT2D eigenvalue weighted by Gasteiger charge is 2.27. The molecule has 0 fully saturated rings. The van der Waals surface area contributed by atoms with E-state index in [1.54, 1.807) is 0 Å². The fourth-order valence-corrected chi connectivity index (χ4v) is 4.12. The summed E-state index contributed by atoms with van der Waals surface area (Å²) in [7, 11) is 0.480. The molecule has 1 heterocycles. The van der Waals surface area contributed by atoms with Crippen LogP contribution in [0.15, 0.2) is 21.9 Å². The van der Waals surface area contributed by atoms with Gasteiger partial charge >= 0.3 is 13.3 Å². The number of ether oxygens (including phenoxy) is 3. The zero-order valence-corrected chi connectivity index (χ0v) is 21.5. The third kappa shape index (κ3) is 9.51. The van der Waals surface area contributed by atoms with Crippen molar-refractivity contribution in [2.45, 2.75) is 52.3 Å². The van der Waals surface area contributed by atoms with Crippen LogP contribution in [0, 0.1) is 0 Å². The van der Waals surface area contributed by atoms with E-state index in [1.165, 1.54) is 33.6 Å². The number of aromatic amines is 1. The normalized spacial score (nSPS) is 14.8. The van der Waals surface area contributed by atoms with Gasteiger partial charge in [-0.25, -0.2) is 4.79 Å². The number of nitrogens with zero attached hydrogens (tertiary/aromatic N) is 2. The third-order valence-corrected chi connectivity index (χ3v) is 7.37. The van der Waals surface area contributed by atoms with Gasteiger partial charge in [-0.3, -0.25) is 23.6 Å². The van der Waals surface area contributed by atoms with Crippen LogP contribution in [-0.4, -0.2) is 73.5 Å². The molecule has 1 aromatic heterocycles. The first-order valence-electron chi connectivity index (χ1n) is 10.0. The number of H-pyrrole nitrogens is 1. The van der Waals surface area contributed by atoms with E-state index in [0.717, 1.165) is 4.57 Å². The van der Waals surface area contributed by atoms with Gasteiger partial charge in [0.15, 0.2) is 18.9 Å². The highest BCUT2D eigenvalue weighted by Crippen LogP contribution is 2.46. The summed E-state index contributed by atoms with van der Waals surface area (Å²) in [6.07, 6.45) is -1.09. The SMILES string of the molecule is COC[C@@H](O[C@H](COPN(C(C)C)C(C)C)OCP(=O)(OC)OC)n1ccc(=O)[nH]c1=O. The van der Waals surface area contributed by atoms with E-state index < -0.39 is 37.7 Å². The molecule has 1 rings (SSSR count). The van der Waals surface area contributed by atoms with Crippen LogP contribution in [-0.2, 0) is 32.3 Å². The predicted octanol–water partition coefficient (Wildman–Crippen LogP) is 2.13. The molecule has 0 saturated carbocycles. The Morgan fingerprint density at radius 2 is 1.72 bits per heavy atom. The fourth-order valence-electron chi connectivity index (χ4n) is 2.63. The molecule has 1 unspecified atom stereocenters. The lowest BCUT2D eigenvalue weighted by atomic mass is 10.3. The molecule has 1 N–H and O–H groups in total. The minimum Gasteiger partial charge on any atom is -0.380 e. The van der Waals surface area contributed by atoms with Crippen molar-refractivity contribution in [2.75, 3.05) is 40.9 Å². The molecule has 1 aromatic rings. The predicted molar refractivity (Wildman–Crippen MR) is 121 cm³/mol. The van der Waals surface area contributed by atoms with Gasteiger partial charge in [-0.05, 0) is 27.7 Å². The minimum atomic E-state index is -3.48. The number of aromatic nitrogens is 2. The zero-order chi connectivity index (χ0) is 24.3. The van der Waals surface area contributed by atoms with Crippen LogP contribution in [0.2, 0.25) is 0 Å². The number of hydrogen-bond donors (Lipinski definition) is 1. The molecule has 0 aliphatic heterocycles. The van der Waals surface area contributed by atoms with Crippen molar-refractivity contribution in [3.05, 3.63) is 33.1 Å². The standard InChI is InChI=1S/C18H35N3O9P2/c1-13(2)21(14(3)4)31-29-11-17(28-12-32(24,26-6)27-7)30-16(10-25-5)20-9-8-15(22)19-18(20)23/h8-9,13-14,16-17,31H,10-12H2,1-7H3,(H,19,22,23)/t16-,17-/m1/s1. The largest absolute Gasteiger partial charge is 0.380 e. The smallest absolute Gasteiger partial charge is 0.355 e. The molecule has 0 saturated heterocycles. The molecule has 32 heavy (non-hydrogen) atoms. The van der Waals surface area contributed by atoms with Crippen LogP contribution < -0.4 is 11.2 Å². The Balaban J connectivity index is 3.01. The van der Waals surface area contributed by atoms with Gasteiger partial charge in [-0.15, -0.1) is 0 Å². The average molecular weight is 499 g/mol. The van der Waals surface area contributed by atoms with E-state index >= 15 is 0 Å². The Hall–Kier alpha value is -0.940. The summed E-state index contributed by atoms with van der Waals surface area (Å²) in [5.74, 6) is 0. The zero-order valence-electron chi connectivity index (χ0n) is 19.6. The van der Waals surface area contributed by atoms with E-state index in [0.29, 0.717) is 0 Å². The molecule has 14 heteroatoms. The Kier molecular flexibility index (Phi) is 13.0. The lowest BCUT2D eigenvalue weighted by molar-refractivity contribution is -0.207. The summed E-state index contributed by atoms with van der Waals surface area (Å²) in [6, 6.07) is 1.71. The summed E-state index contributed by atoms with van der Waals surface area (Å²) in [4.78, 5) is 25.8. The molecule has 0 aliphatic rings. The van der Waals surface area contributed by atoms with Crippen molar-refractivity contribution in [1.82, 2.24) is 14.2 Å². The maximum Gasteiger partial charge on any atom is 0.355 e. The van der Waals surface area contributed by atoms with E-state index in [1.807, 2.05) is 0 Å². The molecular weight excluding hydrogens is 464 g/mol. The molecule has 3 atom stereocenters. The Labute approximate surface area is 189 Å². The maximum absolute atomic E-state index is 12.4. The Bertz CT molecular complexity index is 814. The topological polar surface area (TPSA) is 131 Å². The first kappa shape index (κ1) is 29.1. The first-order chi connectivity index (χ1) is 15.1. The van der Waals surface area contributed by atoms with Crippen LogP contribution in [0.1, 0.15) is 33.9 Å². The highest BCUT2D eigenvalue weighted by atomic mass is 31.2. The van der Waals surface area contributed by atoms with Gasteiger partial charge in [0.25, 0.3) is 5.56 Å². The Morgan fingerprint density at radius 3 is 2.22 bits per heavy atom. The van der Waals surface area contributed by atoms with Crippen molar-refractivity contribution < 1.29 is 32.3 Å². The van der Waals surface area contributed by atoms with Crippen molar-refractivity contribution in [3.63, 3.8) is 0 Å². The van der Waals surface area contributed by atoms with Gasteiger partial charge in [-0.1, -0.05) is 0 Å². The van der Waals surface area contributed by atoms with Gasteiger partial charge in [0.1, 0.15) is 6.61 Å². The van der Waals surface area contributed by atoms with E-state index in [4.69, 9.17) is 27.8 Å². The van der Waals surface area contributed by atoms with Crippen LogP contribution in [0.5, 0.6) is 0 Å². The minimum absolute atomic E-state index is 0.0229. The summed E-state index contributed by atoms with van der Waals surface area (Å²) in [6.45, 7) is 8.19. The molecule has 12 nitrogen and oxygen atoms in total. The molecule has 0 radical (unpaired) electrons. The molecule has 186 valence electrons. The molecular formula is C18H35N3O9P2. The summed E-state index contributed by atoms with van der Waals surface area (Å²) in [5, 5.41) is 0. The summed E-state index contributed by atoms with van der Waals surface area (Å²) < 4.78 is 48.0. The summed E-state index contributed by atoms with van der Waals surface area (Å²) >= 11 is 0. The monoisotopic (exact) mass is 499 g/mol. The van der Waals surface area contributed by atoms with E-state index in [2.05, 4.69) is 37.3 Å². The van der Waals surface area contributed by atoms with E-state index in [9.17, 15) is 14.2 Å². The van der Waals surface area contributed by atoms with Gasteiger partial charge in [0.2, 0.25) is 0 Å². The van der Waals surface area contributed by atoms with Crippen molar-refractivity contribution in [2.24, 2.45) is 0 Å². The van der Waals surface area contributed by atoms with Crippen LogP contribution in [0.3, 0.4) is 0 Å². The van der Waals surface area contributed by atoms with E-state index in [-0.39, 0.29) is 34.3 Å². The van der Waals surface area contributed by atoms with Crippen LogP contribution >= 0.6 is 16.6 Å². The number of rotatable bonds is 16. The lowest BCUT2D eigenvalue weighted by Gasteiger charge is -2.31. The molecule has 0 bridgehead atoms. The second-order valence-electron chi connectivity index (χ2n) is 7.26. The van der Waals surface area contributed by atoms with Gasteiger partial charge in [0.05, 0.1) is 15.6 Å². The molecule has 0 amide bonds. The lowest BCUT2D eigenvalue weighted by Crippen LogP contribution is -2.37.